The summed E-state index contributed by atoms with van der Waals surface area (Å²) in [5, 5.41) is 10.2. The van der Waals surface area contributed by atoms with Crippen molar-refractivity contribution in [2.75, 3.05) is 13.1 Å². The molecule has 116 valence electrons. The van der Waals surface area contributed by atoms with Gasteiger partial charge in [-0.2, -0.15) is 0 Å². The third-order valence-corrected chi connectivity index (χ3v) is 4.41. The van der Waals surface area contributed by atoms with Gasteiger partial charge in [-0.05, 0) is 30.9 Å². The lowest BCUT2D eigenvalue weighted by atomic mass is 9.97. The molecule has 1 aliphatic rings. The Morgan fingerprint density at radius 1 is 1.32 bits per heavy atom. The van der Waals surface area contributed by atoms with Crippen LogP contribution in [0.1, 0.15) is 24.8 Å². The predicted molar refractivity (Wildman–Crippen MR) is 83.6 cm³/mol. The number of rotatable bonds is 4. The normalized spacial score (nSPS) is 18.5. The summed E-state index contributed by atoms with van der Waals surface area (Å²) in [7, 11) is 0. The van der Waals surface area contributed by atoms with Gasteiger partial charge in [-0.15, -0.1) is 0 Å². The van der Waals surface area contributed by atoms with Crippen LogP contribution in [0.4, 0.5) is 0 Å². The van der Waals surface area contributed by atoms with E-state index in [4.69, 9.17) is 5.11 Å². The van der Waals surface area contributed by atoms with Crippen molar-refractivity contribution in [3.8, 4) is 0 Å². The molecule has 0 spiro atoms. The number of amides is 1. The van der Waals surface area contributed by atoms with E-state index in [0.29, 0.717) is 32.4 Å². The van der Waals surface area contributed by atoms with Crippen molar-refractivity contribution >= 4 is 22.8 Å². The number of benzene rings is 1. The summed E-state index contributed by atoms with van der Waals surface area (Å²) < 4.78 is 0. The van der Waals surface area contributed by atoms with E-state index >= 15 is 0 Å². The molecule has 3 rings (SSSR count). The van der Waals surface area contributed by atoms with Gasteiger partial charge in [-0.25, -0.2) is 0 Å². The van der Waals surface area contributed by atoms with Gasteiger partial charge < -0.3 is 15.0 Å². The van der Waals surface area contributed by atoms with E-state index in [1.807, 2.05) is 30.5 Å². The molecule has 1 amide bonds. The van der Waals surface area contributed by atoms with Crippen LogP contribution in [0.3, 0.4) is 0 Å². The number of nitrogens with zero attached hydrogens (tertiary/aromatic N) is 1. The Morgan fingerprint density at radius 3 is 2.95 bits per heavy atom. The van der Waals surface area contributed by atoms with Gasteiger partial charge in [-0.1, -0.05) is 18.2 Å². The Labute approximate surface area is 128 Å². The molecule has 2 N–H and O–H groups in total. The lowest BCUT2D eigenvalue weighted by Gasteiger charge is -2.30. The minimum absolute atomic E-state index is 0.0521. The van der Waals surface area contributed by atoms with Crippen LogP contribution in [0.2, 0.25) is 0 Å². The molecule has 1 aromatic heterocycles. The van der Waals surface area contributed by atoms with Gasteiger partial charge in [0.05, 0.1) is 5.92 Å². The van der Waals surface area contributed by atoms with E-state index in [-0.39, 0.29) is 5.91 Å². The highest BCUT2D eigenvalue weighted by Crippen LogP contribution is 2.21. The van der Waals surface area contributed by atoms with Gasteiger partial charge in [0, 0.05) is 36.6 Å². The van der Waals surface area contributed by atoms with Crippen molar-refractivity contribution in [1.82, 2.24) is 9.88 Å². The minimum atomic E-state index is -0.797. The summed E-state index contributed by atoms with van der Waals surface area (Å²) in [6.45, 7) is 1.03. The predicted octanol–water partition coefficient (Wildman–Crippen LogP) is 2.42. The molecular weight excluding hydrogens is 280 g/mol. The van der Waals surface area contributed by atoms with Crippen LogP contribution < -0.4 is 0 Å². The summed E-state index contributed by atoms with van der Waals surface area (Å²) in [5.41, 5.74) is 2.21. The smallest absolute Gasteiger partial charge is 0.308 e. The first-order valence-electron chi connectivity index (χ1n) is 7.70. The lowest BCUT2D eigenvalue weighted by Crippen LogP contribution is -2.42. The van der Waals surface area contributed by atoms with E-state index in [1.54, 1.807) is 4.90 Å². The number of carboxylic acids is 1. The average Bonchev–Trinajstić information content (AvgIpc) is 2.96. The molecule has 2 aromatic rings. The first-order chi connectivity index (χ1) is 10.6. The van der Waals surface area contributed by atoms with E-state index < -0.39 is 11.9 Å². The Bertz CT molecular complexity index is 692. The fourth-order valence-electron chi connectivity index (χ4n) is 3.14. The molecule has 1 aromatic carbocycles. The Hall–Kier alpha value is -2.30. The SMILES string of the molecule is O=C(O)[C@@H]1CCCN(C(=O)CCc2c[nH]c3ccccc23)C1. The molecule has 5 nitrogen and oxygen atoms in total. The second-order valence-electron chi connectivity index (χ2n) is 5.88. The van der Waals surface area contributed by atoms with Crippen LogP contribution in [0.25, 0.3) is 10.9 Å². The van der Waals surface area contributed by atoms with Crippen LogP contribution in [0.15, 0.2) is 30.5 Å². The number of piperidine rings is 1. The number of aromatic amines is 1. The van der Waals surface area contributed by atoms with Crippen LogP contribution in [0, 0.1) is 5.92 Å². The molecule has 1 saturated heterocycles. The summed E-state index contributed by atoms with van der Waals surface area (Å²) in [6.07, 6.45) is 4.50. The number of aryl methyl sites for hydroxylation is 1. The second-order valence-corrected chi connectivity index (χ2v) is 5.88. The number of carbonyl (C=O) groups is 2. The van der Waals surface area contributed by atoms with Gasteiger partial charge in [0.1, 0.15) is 0 Å². The summed E-state index contributed by atoms with van der Waals surface area (Å²) in [5.74, 6) is -1.16. The zero-order chi connectivity index (χ0) is 15.5. The first kappa shape index (κ1) is 14.6. The van der Waals surface area contributed by atoms with Crippen molar-refractivity contribution in [3.63, 3.8) is 0 Å². The van der Waals surface area contributed by atoms with Gasteiger partial charge in [-0.3, -0.25) is 9.59 Å². The molecule has 0 bridgehead atoms. The number of fused-ring (bicyclic) bond motifs is 1. The standard InChI is InChI=1S/C17H20N2O3/c20-16(19-9-3-4-13(11-19)17(21)22)8-7-12-10-18-15-6-2-1-5-14(12)15/h1-2,5-6,10,13,18H,3-4,7-9,11H2,(H,21,22)/t13-/m1/s1. The molecule has 0 aliphatic carbocycles. The molecule has 0 radical (unpaired) electrons. The average molecular weight is 300 g/mol. The third-order valence-electron chi connectivity index (χ3n) is 4.41. The van der Waals surface area contributed by atoms with E-state index in [9.17, 15) is 9.59 Å². The minimum Gasteiger partial charge on any atom is -0.481 e. The van der Waals surface area contributed by atoms with Crippen molar-refractivity contribution in [3.05, 3.63) is 36.0 Å². The second kappa shape index (κ2) is 6.22. The van der Waals surface area contributed by atoms with Crippen molar-refractivity contribution in [1.29, 1.82) is 0 Å². The largest absolute Gasteiger partial charge is 0.481 e. The highest BCUT2D eigenvalue weighted by molar-refractivity contribution is 5.84. The van der Waals surface area contributed by atoms with Crippen LogP contribution >= 0.6 is 0 Å². The van der Waals surface area contributed by atoms with Crippen LogP contribution in [-0.4, -0.2) is 40.0 Å². The summed E-state index contributed by atoms with van der Waals surface area (Å²) in [6, 6.07) is 8.03. The maximum Gasteiger partial charge on any atom is 0.308 e. The molecule has 1 aliphatic heterocycles. The number of carboxylic acid groups (broad SMARTS) is 1. The maximum absolute atomic E-state index is 12.3. The van der Waals surface area contributed by atoms with Crippen molar-refractivity contribution in [2.45, 2.75) is 25.7 Å². The maximum atomic E-state index is 12.3. The zero-order valence-electron chi connectivity index (χ0n) is 12.4. The highest BCUT2D eigenvalue weighted by Gasteiger charge is 2.27. The molecule has 5 heteroatoms. The van der Waals surface area contributed by atoms with Crippen LogP contribution in [0.5, 0.6) is 0 Å². The number of hydrogen-bond acceptors (Lipinski definition) is 2. The fourth-order valence-corrected chi connectivity index (χ4v) is 3.14. The first-order valence-corrected chi connectivity index (χ1v) is 7.70. The van der Waals surface area contributed by atoms with Crippen molar-refractivity contribution in [2.24, 2.45) is 5.92 Å². The number of carbonyl (C=O) groups excluding carboxylic acids is 1. The van der Waals surface area contributed by atoms with Gasteiger partial charge >= 0.3 is 5.97 Å². The molecule has 1 atom stereocenters. The monoisotopic (exact) mass is 300 g/mol. The number of aliphatic carboxylic acids is 1. The van der Waals surface area contributed by atoms with E-state index in [0.717, 1.165) is 22.9 Å². The quantitative estimate of drug-likeness (QED) is 0.910. The number of H-pyrrole nitrogens is 1. The van der Waals surface area contributed by atoms with Crippen molar-refractivity contribution < 1.29 is 14.7 Å². The Morgan fingerprint density at radius 2 is 2.14 bits per heavy atom. The Kier molecular flexibility index (Phi) is 4.13. The number of hydrogen-bond donors (Lipinski definition) is 2. The number of para-hydroxylation sites is 1. The molecule has 0 saturated carbocycles. The lowest BCUT2D eigenvalue weighted by molar-refractivity contribution is -0.145. The molecule has 0 unspecified atom stereocenters. The summed E-state index contributed by atoms with van der Waals surface area (Å²) in [4.78, 5) is 28.3. The van der Waals surface area contributed by atoms with E-state index in [2.05, 4.69) is 4.98 Å². The fraction of sp³-hybridized carbons (Fsp3) is 0.412. The van der Waals surface area contributed by atoms with E-state index in [1.165, 1.54) is 0 Å². The third kappa shape index (κ3) is 2.98. The molecule has 2 heterocycles. The van der Waals surface area contributed by atoms with Crippen LogP contribution in [-0.2, 0) is 16.0 Å². The van der Waals surface area contributed by atoms with Gasteiger partial charge in [0.25, 0.3) is 0 Å². The Balaban J connectivity index is 1.61. The molecule has 1 fully saturated rings. The highest BCUT2D eigenvalue weighted by atomic mass is 16.4. The number of aromatic nitrogens is 1. The van der Waals surface area contributed by atoms with Gasteiger partial charge in [0.15, 0.2) is 0 Å². The number of nitrogens with one attached hydrogen (secondary N) is 1. The van der Waals surface area contributed by atoms with Gasteiger partial charge in [0.2, 0.25) is 5.91 Å². The summed E-state index contributed by atoms with van der Waals surface area (Å²) >= 11 is 0. The molecule has 22 heavy (non-hydrogen) atoms. The number of likely N-dealkylation sites (tertiary alicyclic amines) is 1. The topological polar surface area (TPSA) is 73.4 Å². The zero-order valence-corrected chi connectivity index (χ0v) is 12.4. The molecular formula is C17H20N2O3.